The summed E-state index contributed by atoms with van der Waals surface area (Å²) < 4.78 is 32.3. The summed E-state index contributed by atoms with van der Waals surface area (Å²) in [4.78, 5) is 0.294. The van der Waals surface area contributed by atoms with Gasteiger partial charge in [0.05, 0.1) is 12.0 Å². The van der Waals surface area contributed by atoms with E-state index in [1.807, 2.05) is 45.0 Å². The minimum atomic E-state index is -3.54. The lowest BCUT2D eigenvalue weighted by Gasteiger charge is -2.19. The first-order chi connectivity index (χ1) is 10.8. The van der Waals surface area contributed by atoms with Gasteiger partial charge in [-0.25, -0.2) is 8.42 Å². The predicted molar refractivity (Wildman–Crippen MR) is 92.3 cm³/mol. The highest BCUT2D eigenvalue weighted by atomic mass is 32.2. The fraction of sp³-hybridized carbons (Fsp3) is 0.333. The number of nitrogens with zero attached hydrogens (tertiary/aromatic N) is 1. The van der Waals surface area contributed by atoms with Crippen LogP contribution >= 0.6 is 0 Å². The van der Waals surface area contributed by atoms with Crippen molar-refractivity contribution in [3.05, 3.63) is 58.7 Å². The lowest BCUT2D eigenvalue weighted by molar-refractivity contribution is 0.408. The highest BCUT2D eigenvalue weighted by molar-refractivity contribution is 7.89. The van der Waals surface area contributed by atoms with Gasteiger partial charge >= 0.3 is 0 Å². The van der Waals surface area contributed by atoms with Gasteiger partial charge in [-0.15, -0.1) is 0 Å². The number of methoxy groups -OCH3 is 1. The molecule has 0 N–H and O–H groups in total. The van der Waals surface area contributed by atoms with Crippen molar-refractivity contribution in [2.45, 2.75) is 32.2 Å². The van der Waals surface area contributed by atoms with E-state index in [-0.39, 0.29) is 0 Å². The summed E-state index contributed by atoms with van der Waals surface area (Å²) in [5.41, 5.74) is 3.74. The van der Waals surface area contributed by atoms with E-state index in [2.05, 4.69) is 0 Å². The van der Waals surface area contributed by atoms with Gasteiger partial charge in [-0.2, -0.15) is 4.31 Å². The third-order valence-electron chi connectivity index (χ3n) is 3.87. The van der Waals surface area contributed by atoms with Gasteiger partial charge in [0.25, 0.3) is 0 Å². The molecule has 0 fully saturated rings. The quantitative estimate of drug-likeness (QED) is 0.842. The smallest absolute Gasteiger partial charge is 0.243 e. The predicted octanol–water partition coefficient (Wildman–Crippen LogP) is 3.44. The number of aryl methyl sites for hydroxylation is 3. The molecule has 124 valence electrons. The molecule has 0 spiro atoms. The minimum Gasteiger partial charge on any atom is -0.496 e. The van der Waals surface area contributed by atoms with Crippen molar-refractivity contribution in [3.8, 4) is 5.75 Å². The van der Waals surface area contributed by atoms with Gasteiger partial charge in [0.1, 0.15) is 5.75 Å². The molecular weight excluding hydrogens is 310 g/mol. The average Bonchev–Trinajstić information content (AvgIpc) is 2.49. The summed E-state index contributed by atoms with van der Waals surface area (Å²) in [5.74, 6) is 0.727. The Morgan fingerprint density at radius 1 is 1.00 bits per heavy atom. The van der Waals surface area contributed by atoms with Gasteiger partial charge in [0.15, 0.2) is 0 Å². The molecule has 0 aromatic heterocycles. The van der Waals surface area contributed by atoms with Crippen LogP contribution in [0, 0.1) is 20.8 Å². The molecule has 0 bridgehead atoms. The Hall–Kier alpha value is -1.85. The zero-order valence-corrected chi connectivity index (χ0v) is 15.1. The van der Waals surface area contributed by atoms with Crippen molar-refractivity contribution in [1.29, 1.82) is 0 Å². The van der Waals surface area contributed by atoms with Crippen molar-refractivity contribution in [1.82, 2.24) is 4.31 Å². The fourth-order valence-corrected chi connectivity index (χ4v) is 3.93. The Balaban J connectivity index is 2.32. The van der Waals surface area contributed by atoms with E-state index >= 15 is 0 Å². The number of hydrogen-bond donors (Lipinski definition) is 0. The molecule has 5 heteroatoms. The number of benzene rings is 2. The van der Waals surface area contributed by atoms with Crippen LogP contribution in [-0.4, -0.2) is 26.9 Å². The highest BCUT2D eigenvalue weighted by Gasteiger charge is 2.22. The molecule has 0 aliphatic carbocycles. The maximum absolute atomic E-state index is 12.8. The first-order valence-corrected chi connectivity index (χ1v) is 8.87. The SMILES string of the molecule is COc1c(C)cc(S(=O)(=O)N(C)Cc2ccc(C)cc2)cc1C. The van der Waals surface area contributed by atoms with Crippen LogP contribution in [0.4, 0.5) is 0 Å². The third kappa shape index (κ3) is 3.74. The molecule has 0 radical (unpaired) electrons. The number of ether oxygens (including phenoxy) is 1. The number of rotatable bonds is 5. The number of hydrogen-bond acceptors (Lipinski definition) is 3. The summed E-state index contributed by atoms with van der Waals surface area (Å²) in [7, 11) is -0.348. The molecule has 0 aliphatic heterocycles. The third-order valence-corrected chi connectivity index (χ3v) is 5.65. The van der Waals surface area contributed by atoms with Crippen LogP contribution in [-0.2, 0) is 16.6 Å². The molecule has 0 saturated carbocycles. The molecule has 0 unspecified atom stereocenters. The molecule has 23 heavy (non-hydrogen) atoms. The lowest BCUT2D eigenvalue weighted by Crippen LogP contribution is -2.26. The monoisotopic (exact) mass is 333 g/mol. The second-order valence-corrected chi connectivity index (χ2v) is 7.88. The molecule has 4 nitrogen and oxygen atoms in total. The first-order valence-electron chi connectivity index (χ1n) is 7.43. The van der Waals surface area contributed by atoms with Crippen LogP contribution < -0.4 is 4.74 Å². The molecule has 0 amide bonds. The van der Waals surface area contributed by atoms with E-state index in [0.717, 1.165) is 28.0 Å². The number of sulfonamides is 1. The molecule has 2 aromatic rings. The van der Waals surface area contributed by atoms with E-state index in [9.17, 15) is 8.42 Å². The molecule has 0 aliphatic rings. The van der Waals surface area contributed by atoms with Gasteiger partial charge in [-0.3, -0.25) is 0 Å². The van der Waals surface area contributed by atoms with Gasteiger partial charge in [-0.1, -0.05) is 29.8 Å². The van der Waals surface area contributed by atoms with Gasteiger partial charge in [0, 0.05) is 13.6 Å². The Kier molecular flexibility index (Phi) is 5.12. The Morgan fingerprint density at radius 2 is 1.52 bits per heavy atom. The average molecular weight is 333 g/mol. The summed E-state index contributed by atoms with van der Waals surface area (Å²) in [6, 6.07) is 11.2. The van der Waals surface area contributed by atoms with Crippen LogP contribution in [0.15, 0.2) is 41.3 Å². The van der Waals surface area contributed by atoms with Crippen molar-refractivity contribution in [2.24, 2.45) is 0 Å². The molecule has 0 atom stereocenters. The summed E-state index contributed by atoms with van der Waals surface area (Å²) in [6.45, 7) is 6.05. The fourth-order valence-electron chi connectivity index (χ4n) is 2.60. The van der Waals surface area contributed by atoms with Crippen LogP contribution in [0.2, 0.25) is 0 Å². The van der Waals surface area contributed by atoms with E-state index < -0.39 is 10.0 Å². The molecule has 0 heterocycles. The van der Waals surface area contributed by atoms with Gasteiger partial charge < -0.3 is 4.74 Å². The maximum Gasteiger partial charge on any atom is 0.243 e. The second kappa shape index (κ2) is 6.72. The van der Waals surface area contributed by atoms with Crippen molar-refractivity contribution < 1.29 is 13.2 Å². The van der Waals surface area contributed by atoms with Crippen LogP contribution in [0.3, 0.4) is 0 Å². The molecule has 2 rings (SSSR count). The second-order valence-electron chi connectivity index (χ2n) is 5.84. The first kappa shape index (κ1) is 17.5. The van der Waals surface area contributed by atoms with Crippen molar-refractivity contribution in [3.63, 3.8) is 0 Å². The standard InChI is InChI=1S/C18H23NO3S/c1-13-6-8-16(9-7-13)12-19(4)23(20,21)17-10-14(2)18(22-5)15(3)11-17/h6-11H,12H2,1-5H3. The van der Waals surface area contributed by atoms with Gasteiger partial charge in [0.2, 0.25) is 10.0 Å². The van der Waals surface area contributed by atoms with Crippen LogP contribution in [0.5, 0.6) is 5.75 Å². The maximum atomic E-state index is 12.8. The van der Waals surface area contributed by atoms with Gasteiger partial charge in [-0.05, 0) is 49.6 Å². The van der Waals surface area contributed by atoms with Crippen LogP contribution in [0.1, 0.15) is 22.3 Å². The Bertz CT molecular complexity index is 773. The molecule has 2 aromatic carbocycles. The normalized spacial score (nSPS) is 11.7. The van der Waals surface area contributed by atoms with Crippen molar-refractivity contribution >= 4 is 10.0 Å². The Morgan fingerprint density at radius 3 is 2.00 bits per heavy atom. The summed E-state index contributed by atoms with van der Waals surface area (Å²) in [6.07, 6.45) is 0. The minimum absolute atomic E-state index is 0.294. The van der Waals surface area contributed by atoms with E-state index in [1.54, 1.807) is 26.3 Å². The molecule has 0 saturated heterocycles. The van der Waals surface area contributed by atoms with Crippen molar-refractivity contribution in [2.75, 3.05) is 14.2 Å². The summed E-state index contributed by atoms with van der Waals surface area (Å²) >= 11 is 0. The van der Waals surface area contributed by atoms with E-state index in [4.69, 9.17) is 4.74 Å². The van der Waals surface area contributed by atoms with E-state index in [0.29, 0.717) is 11.4 Å². The van der Waals surface area contributed by atoms with Crippen LogP contribution in [0.25, 0.3) is 0 Å². The lowest BCUT2D eigenvalue weighted by atomic mass is 10.1. The zero-order valence-electron chi connectivity index (χ0n) is 14.3. The summed E-state index contributed by atoms with van der Waals surface area (Å²) in [5, 5.41) is 0. The largest absolute Gasteiger partial charge is 0.496 e. The Labute approximate surface area is 138 Å². The topological polar surface area (TPSA) is 46.6 Å². The molecular formula is C18H23NO3S. The van der Waals surface area contributed by atoms with E-state index in [1.165, 1.54) is 4.31 Å². The zero-order chi connectivity index (χ0) is 17.2. The highest BCUT2D eigenvalue weighted by Crippen LogP contribution is 2.28.